The highest BCUT2D eigenvalue weighted by molar-refractivity contribution is 7.65. The van der Waals surface area contributed by atoms with Crippen LogP contribution in [-0.4, -0.2) is 128 Å². The zero-order chi connectivity index (χ0) is 104. The molecule has 0 saturated heterocycles. The van der Waals surface area contributed by atoms with E-state index in [0.717, 1.165) is 83.5 Å². The molecule has 42 heteroatoms. The van der Waals surface area contributed by atoms with Crippen molar-refractivity contribution >= 4 is 127 Å². The summed E-state index contributed by atoms with van der Waals surface area (Å²) in [6, 6.07) is 64.7. The van der Waals surface area contributed by atoms with Crippen molar-refractivity contribution < 1.29 is 150 Å². The van der Waals surface area contributed by atoms with Gasteiger partial charge in [0, 0.05) is 28.4 Å². The van der Waals surface area contributed by atoms with Crippen LogP contribution in [0.2, 0.25) is 0 Å². The van der Waals surface area contributed by atoms with Crippen molar-refractivity contribution in [2.24, 2.45) is 0 Å². The van der Waals surface area contributed by atoms with Crippen LogP contribution in [0.3, 0.4) is 0 Å². The largest absolute Gasteiger partial charge is 0.454 e. The molecule has 0 atom stereocenters. The monoisotopic (exact) mass is 2130 g/mol. The van der Waals surface area contributed by atoms with Crippen LogP contribution in [-0.2, 0) is 123 Å². The number of fused-ring (bicyclic) bond motifs is 2. The molecule has 10 aromatic rings. The lowest BCUT2D eigenvalue weighted by atomic mass is 10.1. The summed E-state index contributed by atoms with van der Waals surface area (Å²) in [7, 11) is -23.8. The molecular formula is C98H139F4O29P9. The van der Waals surface area contributed by atoms with Gasteiger partial charge in [0.1, 0.15) is 0 Å². The maximum atomic E-state index is 13.0. The van der Waals surface area contributed by atoms with Gasteiger partial charge in [-0.15, -0.1) is 0 Å². The van der Waals surface area contributed by atoms with Crippen LogP contribution in [0.4, 0.5) is 17.6 Å². The first kappa shape index (κ1) is 127. The van der Waals surface area contributed by atoms with Gasteiger partial charge in [-0.1, -0.05) is 147 Å². The highest BCUT2D eigenvalue weighted by Gasteiger charge is 2.35. The molecule has 10 aromatic carbocycles. The van der Waals surface area contributed by atoms with Crippen molar-refractivity contribution in [3.63, 3.8) is 0 Å². The third-order valence-corrected chi connectivity index (χ3v) is 37.0. The normalized spacial score (nSPS) is 12.0. The van der Waals surface area contributed by atoms with E-state index < -0.39 is 91.6 Å². The summed E-state index contributed by atoms with van der Waals surface area (Å²) in [5, 5.41) is 6.42. The predicted octanol–water partition coefficient (Wildman–Crippen LogP) is 25.6. The van der Waals surface area contributed by atoms with Crippen LogP contribution in [0.25, 0.3) is 10.8 Å². The van der Waals surface area contributed by atoms with E-state index in [9.17, 15) is 58.6 Å². The highest BCUT2D eigenvalue weighted by atomic mass is 31.2. The minimum absolute atomic E-state index is 0.0126. The number of hydrogen-bond acceptors (Lipinski definition) is 29. The van der Waals surface area contributed by atoms with E-state index in [2.05, 4.69) is 22.9 Å². The number of unbranched alkanes of at least 4 members (excludes halogenated alkanes) is 2. The number of rotatable bonds is 45. The molecule has 11 rings (SSSR count). The molecule has 0 spiro atoms. The fourth-order valence-electron chi connectivity index (χ4n) is 11.9. The highest BCUT2D eigenvalue weighted by Crippen LogP contribution is 2.54. The minimum Gasteiger partial charge on any atom is -0.454 e. The van der Waals surface area contributed by atoms with E-state index in [4.69, 9.17) is 81.9 Å². The second-order valence-corrected chi connectivity index (χ2v) is 47.1. The van der Waals surface area contributed by atoms with Gasteiger partial charge in [0.25, 0.3) is 0 Å². The van der Waals surface area contributed by atoms with Gasteiger partial charge >= 0.3 is 68.4 Å². The Bertz CT molecular complexity index is 5630. The third kappa shape index (κ3) is 41.6. The molecule has 0 saturated carbocycles. The summed E-state index contributed by atoms with van der Waals surface area (Å²) < 4.78 is 264. The van der Waals surface area contributed by atoms with E-state index in [-0.39, 0.29) is 30.6 Å². The average Bonchev–Trinajstić information content (AvgIpc) is 1.15. The van der Waals surface area contributed by atoms with Crippen LogP contribution in [0.15, 0.2) is 231 Å². The number of hydrogen-bond donors (Lipinski definition) is 0. The molecule has 29 nitrogen and oxygen atoms in total. The SMILES string of the molecule is CCCCOP(=O)(OCCCC)c1ccccc1.CCOP(=O)(OCC)c1cc(C)ccc1C.CCOP(=O)(OCC)c1ccc(F)c(F)c1.CCOP(=O)(OCC)c1ccc2c(c1)OCO2.CCOP(=O)(OCC)c1ccc2ccccc2c1.CCOP(=O)(OCC)c1cccc(C)c1.CCOP(=O)(OCC)c1ccccc1.COP(=O)(OC)c1ccc(F)c(F)c1.COP(=O)(OC)c1ccccc1. The molecule has 140 heavy (non-hydrogen) atoms. The molecule has 0 N–H and O–H groups in total. The Balaban J connectivity index is 0.000000406. The predicted molar refractivity (Wildman–Crippen MR) is 550 cm³/mol. The van der Waals surface area contributed by atoms with Gasteiger partial charge in [-0.05, 0) is 254 Å². The molecule has 0 fully saturated rings. The molecule has 1 aliphatic heterocycles. The van der Waals surface area contributed by atoms with Crippen molar-refractivity contribution in [2.45, 2.75) is 143 Å². The average molecular weight is 2140 g/mol. The van der Waals surface area contributed by atoms with Crippen LogP contribution in [0.1, 0.15) is 139 Å². The third-order valence-electron chi connectivity index (χ3n) is 18.4. The lowest BCUT2D eigenvalue weighted by molar-refractivity contribution is 0.174. The van der Waals surface area contributed by atoms with Crippen LogP contribution in [0, 0.1) is 44.0 Å². The number of benzene rings is 10. The molecule has 0 amide bonds. The minimum atomic E-state index is -3.53. The second-order valence-electron chi connectivity index (χ2n) is 28.5. The zero-order valence-electron chi connectivity index (χ0n) is 83.8. The Labute approximate surface area is 824 Å². The van der Waals surface area contributed by atoms with E-state index in [0.29, 0.717) is 128 Å². The fraction of sp³-hybridized carbons (Fsp3) is 0.408. The molecular weight excluding hydrogens is 2000 g/mol. The van der Waals surface area contributed by atoms with Crippen molar-refractivity contribution in [2.75, 3.05) is 128 Å². The van der Waals surface area contributed by atoms with Gasteiger partial charge in [0.15, 0.2) is 34.8 Å². The van der Waals surface area contributed by atoms with Gasteiger partial charge in [0.2, 0.25) is 6.79 Å². The quantitative estimate of drug-likeness (QED) is 0.0194. The molecule has 1 heterocycles. The molecule has 1 aliphatic rings. The Morgan fingerprint density at radius 2 is 0.529 bits per heavy atom. The Morgan fingerprint density at radius 1 is 0.243 bits per heavy atom. The van der Waals surface area contributed by atoms with Crippen molar-refractivity contribution in [3.05, 3.63) is 270 Å². The first-order chi connectivity index (χ1) is 66.8. The number of ether oxygens (including phenoxy) is 2. The maximum Gasteiger partial charge on any atom is 0.361 e. The van der Waals surface area contributed by atoms with Gasteiger partial charge < -0.3 is 90.9 Å². The second kappa shape index (κ2) is 67.0. The van der Waals surface area contributed by atoms with E-state index in [1.807, 2.05) is 184 Å². The van der Waals surface area contributed by atoms with Gasteiger partial charge in [0.05, 0.1) is 140 Å². The Kier molecular flexibility index (Phi) is 60.9. The van der Waals surface area contributed by atoms with E-state index >= 15 is 0 Å². The Morgan fingerprint density at radius 3 is 0.893 bits per heavy atom. The molecule has 0 bridgehead atoms. The maximum absolute atomic E-state index is 13.0. The lowest BCUT2D eigenvalue weighted by Gasteiger charge is -2.19. The smallest absolute Gasteiger partial charge is 0.361 e. The molecule has 778 valence electrons. The van der Waals surface area contributed by atoms with E-state index in [1.54, 1.807) is 114 Å². The molecule has 0 unspecified atom stereocenters. The number of aryl methyl sites for hydroxylation is 3. The van der Waals surface area contributed by atoms with Crippen molar-refractivity contribution in [1.29, 1.82) is 0 Å². The summed E-state index contributed by atoms with van der Waals surface area (Å²) in [5.41, 5.74) is 3.04. The summed E-state index contributed by atoms with van der Waals surface area (Å²) >= 11 is 0. The topological polar surface area (TPSA) is 338 Å². The van der Waals surface area contributed by atoms with Crippen LogP contribution >= 0.6 is 68.4 Å². The molecule has 0 aromatic heterocycles. The molecule has 0 aliphatic carbocycles. The Hall–Kier alpha value is -6.87. The van der Waals surface area contributed by atoms with Crippen molar-refractivity contribution in [3.8, 4) is 11.5 Å². The summed E-state index contributed by atoms with van der Waals surface area (Å²) in [6.45, 7) is 36.4. The summed E-state index contributed by atoms with van der Waals surface area (Å²) in [5.74, 6) is -2.94. The van der Waals surface area contributed by atoms with Gasteiger partial charge in [-0.2, -0.15) is 0 Å². The lowest BCUT2D eigenvalue weighted by Crippen LogP contribution is -2.14. The van der Waals surface area contributed by atoms with E-state index in [1.165, 1.54) is 34.5 Å². The number of halogens is 4. The van der Waals surface area contributed by atoms with Crippen LogP contribution in [0.5, 0.6) is 11.5 Å². The standard InChI is InChI=1S/C14H17O3P.C14H23O3P.C12H19O3P.C11H15O5P.C11H17O3P.C10H13F2O3P.C10H15O3P.C8H9F2O3P.C8H11O3P/c1-3-16-18(15,17-4-2)14-10-9-12-7-5-6-8-13(12)11-14;1-3-5-12-16-18(15,17-13-6-4-2)14-10-8-7-9-11-14;1-5-14-16(13,15-6-2)12-9-10(3)7-8-11(12)4;1-3-15-17(12,16-4-2)9-5-6-10-11(7-9)14-8-13-10;1-4-13-15(12,14-5-2)11-8-6-7-10(3)9-11;1-3-14-16(13,15-4-2)8-5-6-9(11)10(12)7-8;1-3-12-14(11,13-4-2)10-8-6-5-7-9-10;1-12-14(11,13-2)6-3-4-7(9)8(10)5-6;1-10-12(9,11-2)8-6-4-3-5-7-8/h5-11H,3-4H2,1-2H3;7-11H,3-6,12-13H2,1-2H3;7-9H,5-6H2,1-4H3;5-7H,3-4,8H2,1-2H3;6-9H,4-5H2,1-3H3;5-7H,3-4H2,1-2H3;5-9H,3-4H2,1-2H3;3-5H,1-2H3;3-7H,1-2H3. The summed E-state index contributed by atoms with van der Waals surface area (Å²) in [6.07, 6.45) is 3.83. The van der Waals surface area contributed by atoms with Crippen LogP contribution < -0.4 is 57.2 Å². The summed E-state index contributed by atoms with van der Waals surface area (Å²) in [4.78, 5) is 0. The fourth-order valence-corrected chi connectivity index (χ4v) is 25.7. The van der Waals surface area contributed by atoms with Gasteiger partial charge in [-0.3, -0.25) is 41.1 Å². The first-order valence-electron chi connectivity index (χ1n) is 45.6. The first-order valence-corrected chi connectivity index (χ1v) is 59.5. The van der Waals surface area contributed by atoms with Gasteiger partial charge in [-0.25, -0.2) is 17.6 Å². The molecule has 0 radical (unpaired) electrons. The zero-order valence-corrected chi connectivity index (χ0v) is 91.8. The van der Waals surface area contributed by atoms with Crippen molar-refractivity contribution in [1.82, 2.24) is 0 Å².